The molecule has 1 atom stereocenters. The summed E-state index contributed by atoms with van der Waals surface area (Å²) >= 11 is 0. The monoisotopic (exact) mass is 456 g/mol. The van der Waals surface area contributed by atoms with Gasteiger partial charge in [-0.15, -0.1) is 0 Å². The molecule has 1 amide bonds. The molecule has 0 aliphatic carbocycles. The lowest BCUT2D eigenvalue weighted by Gasteiger charge is -2.39. The average Bonchev–Trinajstić information content (AvgIpc) is 3.43. The van der Waals surface area contributed by atoms with E-state index in [0.29, 0.717) is 25.3 Å². The van der Waals surface area contributed by atoms with Gasteiger partial charge in [-0.3, -0.25) is 9.69 Å². The number of carbonyl (C=O) groups excluding carboxylic acids is 1. The maximum absolute atomic E-state index is 13.3. The molecule has 5 heteroatoms. The summed E-state index contributed by atoms with van der Waals surface area (Å²) in [5.41, 5.74) is 3.25. The van der Waals surface area contributed by atoms with Gasteiger partial charge in [-0.25, -0.2) is 0 Å². The maximum atomic E-state index is 13.3. The first-order valence-corrected chi connectivity index (χ1v) is 12.3. The van der Waals surface area contributed by atoms with Crippen LogP contribution in [0.3, 0.4) is 0 Å². The van der Waals surface area contributed by atoms with Crippen LogP contribution in [0.5, 0.6) is 5.75 Å². The van der Waals surface area contributed by atoms with E-state index in [1.165, 1.54) is 11.1 Å². The second-order valence-corrected chi connectivity index (χ2v) is 9.03. The molecule has 2 heterocycles. The van der Waals surface area contributed by atoms with Gasteiger partial charge in [0.15, 0.2) is 0 Å². The predicted molar refractivity (Wildman–Crippen MR) is 133 cm³/mol. The number of carbonyl (C=O) groups is 1. The fourth-order valence-electron chi connectivity index (χ4n) is 4.93. The molecule has 3 aromatic carbocycles. The Kier molecular flexibility index (Phi) is 7.22. The molecule has 2 aliphatic heterocycles. The van der Waals surface area contributed by atoms with Crippen molar-refractivity contribution in [1.29, 1.82) is 0 Å². The Morgan fingerprint density at radius 3 is 2.18 bits per heavy atom. The van der Waals surface area contributed by atoms with Crippen LogP contribution in [-0.2, 0) is 4.74 Å². The van der Waals surface area contributed by atoms with E-state index in [2.05, 4.69) is 65.6 Å². The van der Waals surface area contributed by atoms with E-state index in [9.17, 15) is 4.79 Å². The normalized spacial score (nSPS) is 18.9. The lowest BCUT2D eigenvalue weighted by molar-refractivity contribution is 0.0595. The van der Waals surface area contributed by atoms with Gasteiger partial charge >= 0.3 is 0 Å². The SMILES string of the molecule is O=C(c1cccc(OCC2CCCO2)c1)N1CCN(C(c2ccccc2)c2ccccc2)CC1. The van der Waals surface area contributed by atoms with Gasteiger partial charge in [0.05, 0.1) is 12.1 Å². The number of ether oxygens (including phenoxy) is 2. The first kappa shape index (κ1) is 22.6. The summed E-state index contributed by atoms with van der Waals surface area (Å²) in [7, 11) is 0. The van der Waals surface area contributed by atoms with Crippen LogP contribution in [0, 0.1) is 0 Å². The number of amides is 1. The van der Waals surface area contributed by atoms with E-state index < -0.39 is 0 Å². The summed E-state index contributed by atoms with van der Waals surface area (Å²) in [6.45, 7) is 4.42. The number of hydrogen-bond acceptors (Lipinski definition) is 4. The minimum absolute atomic E-state index is 0.0678. The number of benzene rings is 3. The van der Waals surface area contributed by atoms with Crippen LogP contribution < -0.4 is 4.74 Å². The van der Waals surface area contributed by atoms with Gasteiger partial charge < -0.3 is 14.4 Å². The van der Waals surface area contributed by atoms with Gasteiger partial charge in [0.25, 0.3) is 5.91 Å². The summed E-state index contributed by atoms with van der Waals surface area (Å²) in [5.74, 6) is 0.798. The summed E-state index contributed by atoms with van der Waals surface area (Å²) in [6.07, 6.45) is 2.29. The number of nitrogens with zero attached hydrogens (tertiary/aromatic N) is 2. The van der Waals surface area contributed by atoms with Crippen LogP contribution >= 0.6 is 0 Å². The van der Waals surface area contributed by atoms with Crippen LogP contribution in [0.15, 0.2) is 84.9 Å². The first-order valence-electron chi connectivity index (χ1n) is 12.3. The molecule has 3 aromatic rings. The molecule has 34 heavy (non-hydrogen) atoms. The van der Waals surface area contributed by atoms with Crippen LogP contribution in [0.4, 0.5) is 0 Å². The molecule has 0 spiro atoms. The van der Waals surface area contributed by atoms with Crippen molar-refractivity contribution in [1.82, 2.24) is 9.80 Å². The highest BCUT2D eigenvalue weighted by Gasteiger charge is 2.28. The van der Waals surface area contributed by atoms with Gasteiger partial charge in [-0.1, -0.05) is 66.7 Å². The number of rotatable bonds is 7. The standard InChI is InChI=1S/C29H32N2O3/c32-29(25-13-7-14-26(21-25)34-22-27-15-8-20-33-27)31-18-16-30(17-19-31)28(23-9-3-1-4-10-23)24-11-5-2-6-12-24/h1-7,9-14,21,27-28H,8,15-20,22H2. The minimum Gasteiger partial charge on any atom is -0.491 e. The second-order valence-electron chi connectivity index (χ2n) is 9.03. The smallest absolute Gasteiger partial charge is 0.254 e. The van der Waals surface area contributed by atoms with Gasteiger partial charge in [-0.05, 0) is 42.2 Å². The highest BCUT2D eigenvalue weighted by Crippen LogP contribution is 2.29. The third-order valence-corrected chi connectivity index (χ3v) is 6.74. The molecule has 2 saturated heterocycles. The van der Waals surface area contributed by atoms with Crippen molar-refractivity contribution in [2.75, 3.05) is 39.4 Å². The summed E-state index contributed by atoms with van der Waals surface area (Å²) in [5, 5.41) is 0. The first-order chi connectivity index (χ1) is 16.8. The number of hydrogen-bond donors (Lipinski definition) is 0. The summed E-state index contributed by atoms with van der Waals surface area (Å²) in [4.78, 5) is 17.7. The average molecular weight is 457 g/mol. The molecule has 0 aromatic heterocycles. The molecule has 0 bridgehead atoms. The second kappa shape index (κ2) is 10.9. The van der Waals surface area contributed by atoms with Crippen LogP contribution in [0.2, 0.25) is 0 Å². The van der Waals surface area contributed by atoms with E-state index in [-0.39, 0.29) is 18.1 Å². The van der Waals surface area contributed by atoms with Crippen molar-refractivity contribution in [3.63, 3.8) is 0 Å². The lowest BCUT2D eigenvalue weighted by Crippen LogP contribution is -2.49. The molecule has 5 rings (SSSR count). The lowest BCUT2D eigenvalue weighted by atomic mass is 9.96. The topological polar surface area (TPSA) is 42.0 Å². The zero-order chi connectivity index (χ0) is 23.2. The van der Waals surface area contributed by atoms with E-state index >= 15 is 0 Å². The van der Waals surface area contributed by atoms with Crippen molar-refractivity contribution < 1.29 is 14.3 Å². The highest BCUT2D eigenvalue weighted by molar-refractivity contribution is 5.94. The van der Waals surface area contributed by atoms with Gasteiger partial charge in [-0.2, -0.15) is 0 Å². The minimum atomic E-state index is 0.0678. The van der Waals surface area contributed by atoms with E-state index in [4.69, 9.17) is 9.47 Å². The van der Waals surface area contributed by atoms with Crippen molar-refractivity contribution in [3.8, 4) is 5.75 Å². The van der Waals surface area contributed by atoms with Crippen molar-refractivity contribution in [2.24, 2.45) is 0 Å². The van der Waals surface area contributed by atoms with Crippen molar-refractivity contribution in [2.45, 2.75) is 25.0 Å². The molecular weight excluding hydrogens is 424 g/mol. The Labute approximate surface area is 201 Å². The highest BCUT2D eigenvalue weighted by atomic mass is 16.5. The molecule has 2 aliphatic rings. The third-order valence-electron chi connectivity index (χ3n) is 6.74. The summed E-state index contributed by atoms with van der Waals surface area (Å²) in [6, 6.07) is 29.0. The number of piperazine rings is 1. The zero-order valence-electron chi connectivity index (χ0n) is 19.5. The molecule has 0 N–H and O–H groups in total. The van der Waals surface area contributed by atoms with Gasteiger partial charge in [0.2, 0.25) is 0 Å². The Balaban J connectivity index is 1.23. The fourth-order valence-corrected chi connectivity index (χ4v) is 4.93. The fraction of sp³-hybridized carbons (Fsp3) is 0.345. The Hall–Kier alpha value is -3.15. The largest absolute Gasteiger partial charge is 0.491 e. The molecule has 176 valence electrons. The molecule has 0 saturated carbocycles. The van der Waals surface area contributed by atoms with E-state index in [1.807, 2.05) is 29.2 Å². The van der Waals surface area contributed by atoms with Crippen LogP contribution in [-0.4, -0.2) is 61.2 Å². The van der Waals surface area contributed by atoms with Gasteiger partial charge in [0, 0.05) is 38.3 Å². The molecular formula is C29H32N2O3. The van der Waals surface area contributed by atoms with Crippen molar-refractivity contribution >= 4 is 5.91 Å². The van der Waals surface area contributed by atoms with E-state index in [0.717, 1.165) is 38.3 Å². The Bertz CT molecular complexity index is 1020. The molecule has 5 nitrogen and oxygen atoms in total. The van der Waals surface area contributed by atoms with Crippen molar-refractivity contribution in [3.05, 3.63) is 102 Å². The Morgan fingerprint density at radius 2 is 1.56 bits per heavy atom. The third kappa shape index (κ3) is 5.32. The molecule has 0 radical (unpaired) electrons. The summed E-state index contributed by atoms with van der Waals surface area (Å²) < 4.78 is 11.5. The van der Waals surface area contributed by atoms with Gasteiger partial charge in [0.1, 0.15) is 12.4 Å². The van der Waals surface area contributed by atoms with Crippen LogP contribution in [0.1, 0.15) is 40.4 Å². The molecule has 1 unspecified atom stereocenters. The quantitative estimate of drug-likeness (QED) is 0.513. The van der Waals surface area contributed by atoms with E-state index in [1.54, 1.807) is 0 Å². The Morgan fingerprint density at radius 1 is 0.882 bits per heavy atom. The maximum Gasteiger partial charge on any atom is 0.254 e. The molecule has 2 fully saturated rings. The zero-order valence-corrected chi connectivity index (χ0v) is 19.5. The predicted octanol–water partition coefficient (Wildman–Crippen LogP) is 4.79. The van der Waals surface area contributed by atoms with Crippen LogP contribution in [0.25, 0.3) is 0 Å².